The molecule has 0 atom stereocenters. The smallest absolute Gasteiger partial charge is 0.0719 e. The van der Waals surface area contributed by atoms with Gasteiger partial charge in [-0.2, -0.15) is 5.10 Å². The van der Waals surface area contributed by atoms with Gasteiger partial charge < -0.3 is 5.73 Å². The molecule has 1 heterocycles. The lowest BCUT2D eigenvalue weighted by Crippen LogP contribution is -2.34. The standard InChI is InChI=1S/C13H26N4/c1-4-5-6-7-16(12(2)3)8-9-17-11-13(14)10-15-17/h10-12H,4-9,14H2,1-3H3. The van der Waals surface area contributed by atoms with Crippen molar-refractivity contribution in [1.29, 1.82) is 0 Å². The van der Waals surface area contributed by atoms with E-state index in [1.54, 1.807) is 6.20 Å². The summed E-state index contributed by atoms with van der Waals surface area (Å²) in [6.45, 7) is 9.89. The third-order valence-electron chi connectivity index (χ3n) is 3.05. The molecule has 4 heteroatoms. The number of rotatable bonds is 8. The van der Waals surface area contributed by atoms with Crippen LogP contribution in [0.25, 0.3) is 0 Å². The molecule has 0 aliphatic rings. The Labute approximate surface area is 105 Å². The summed E-state index contributed by atoms with van der Waals surface area (Å²) in [5.41, 5.74) is 6.39. The maximum Gasteiger partial charge on any atom is 0.0719 e. The predicted octanol–water partition coefficient (Wildman–Crippen LogP) is 2.37. The van der Waals surface area contributed by atoms with Crippen molar-refractivity contribution >= 4 is 5.69 Å². The summed E-state index contributed by atoms with van der Waals surface area (Å²) in [4.78, 5) is 2.51. The zero-order valence-corrected chi connectivity index (χ0v) is 11.4. The summed E-state index contributed by atoms with van der Waals surface area (Å²) in [6, 6.07) is 0.597. The number of nitrogens with zero attached hydrogens (tertiary/aromatic N) is 3. The van der Waals surface area contributed by atoms with E-state index >= 15 is 0 Å². The Bertz CT molecular complexity index is 306. The third-order valence-corrected chi connectivity index (χ3v) is 3.05. The van der Waals surface area contributed by atoms with Gasteiger partial charge in [0.2, 0.25) is 0 Å². The zero-order chi connectivity index (χ0) is 12.7. The number of aromatic nitrogens is 2. The number of hydrogen-bond acceptors (Lipinski definition) is 3. The van der Waals surface area contributed by atoms with Gasteiger partial charge in [0, 0.05) is 18.8 Å². The minimum absolute atomic E-state index is 0.597. The van der Waals surface area contributed by atoms with E-state index in [4.69, 9.17) is 5.73 Å². The molecule has 0 radical (unpaired) electrons. The summed E-state index contributed by atoms with van der Waals surface area (Å²) >= 11 is 0. The summed E-state index contributed by atoms with van der Waals surface area (Å²) in [7, 11) is 0. The molecule has 0 bridgehead atoms. The van der Waals surface area contributed by atoms with Crippen LogP contribution < -0.4 is 5.73 Å². The van der Waals surface area contributed by atoms with Crippen LogP contribution in [0.3, 0.4) is 0 Å². The summed E-state index contributed by atoms with van der Waals surface area (Å²) < 4.78 is 1.92. The molecular formula is C13H26N4. The molecule has 0 saturated carbocycles. The van der Waals surface area contributed by atoms with E-state index in [0.717, 1.165) is 18.8 Å². The van der Waals surface area contributed by atoms with E-state index in [-0.39, 0.29) is 0 Å². The highest BCUT2D eigenvalue weighted by atomic mass is 15.3. The van der Waals surface area contributed by atoms with Crippen molar-refractivity contribution in [2.45, 2.75) is 52.6 Å². The summed E-state index contributed by atoms with van der Waals surface area (Å²) in [5, 5.41) is 4.21. The fourth-order valence-corrected chi connectivity index (χ4v) is 1.93. The average molecular weight is 238 g/mol. The number of hydrogen-bond donors (Lipinski definition) is 1. The molecule has 0 aliphatic heterocycles. The molecule has 4 nitrogen and oxygen atoms in total. The Morgan fingerprint density at radius 2 is 2.12 bits per heavy atom. The van der Waals surface area contributed by atoms with Crippen molar-refractivity contribution in [3.05, 3.63) is 12.4 Å². The quantitative estimate of drug-likeness (QED) is 0.707. The molecule has 98 valence electrons. The Kier molecular flexibility index (Phi) is 6.05. The van der Waals surface area contributed by atoms with Crippen LogP contribution in [0.2, 0.25) is 0 Å². The van der Waals surface area contributed by atoms with E-state index in [1.807, 2.05) is 10.9 Å². The molecule has 17 heavy (non-hydrogen) atoms. The topological polar surface area (TPSA) is 47.1 Å². The van der Waals surface area contributed by atoms with E-state index in [0.29, 0.717) is 6.04 Å². The predicted molar refractivity (Wildman–Crippen MR) is 72.9 cm³/mol. The van der Waals surface area contributed by atoms with Crippen LogP contribution >= 0.6 is 0 Å². The number of nitrogens with two attached hydrogens (primary N) is 1. The minimum atomic E-state index is 0.597. The van der Waals surface area contributed by atoms with E-state index in [9.17, 15) is 0 Å². The van der Waals surface area contributed by atoms with Gasteiger partial charge in [0.15, 0.2) is 0 Å². The average Bonchev–Trinajstić information content (AvgIpc) is 2.69. The molecule has 1 aromatic heterocycles. The molecule has 0 aromatic carbocycles. The van der Waals surface area contributed by atoms with Crippen LogP contribution in [0.4, 0.5) is 5.69 Å². The van der Waals surface area contributed by atoms with Gasteiger partial charge in [0.05, 0.1) is 18.4 Å². The highest BCUT2D eigenvalue weighted by Gasteiger charge is 2.08. The van der Waals surface area contributed by atoms with Crippen LogP contribution in [0.15, 0.2) is 12.4 Å². The first-order valence-corrected chi connectivity index (χ1v) is 6.65. The Morgan fingerprint density at radius 3 is 2.65 bits per heavy atom. The van der Waals surface area contributed by atoms with Gasteiger partial charge in [-0.1, -0.05) is 19.8 Å². The molecule has 0 fully saturated rings. The second kappa shape index (κ2) is 7.33. The Balaban J connectivity index is 2.33. The second-order valence-electron chi connectivity index (χ2n) is 4.87. The van der Waals surface area contributed by atoms with Gasteiger partial charge >= 0.3 is 0 Å². The van der Waals surface area contributed by atoms with Crippen LogP contribution in [0.1, 0.15) is 40.0 Å². The second-order valence-corrected chi connectivity index (χ2v) is 4.87. The fraction of sp³-hybridized carbons (Fsp3) is 0.769. The molecule has 0 unspecified atom stereocenters. The first-order valence-electron chi connectivity index (χ1n) is 6.65. The lowest BCUT2D eigenvalue weighted by Gasteiger charge is -2.26. The molecule has 1 aromatic rings. The van der Waals surface area contributed by atoms with Crippen molar-refractivity contribution in [1.82, 2.24) is 14.7 Å². The first kappa shape index (κ1) is 14.0. The molecule has 1 rings (SSSR count). The molecule has 2 N–H and O–H groups in total. The maximum atomic E-state index is 5.65. The molecular weight excluding hydrogens is 212 g/mol. The monoisotopic (exact) mass is 238 g/mol. The van der Waals surface area contributed by atoms with Crippen LogP contribution in [-0.2, 0) is 6.54 Å². The highest BCUT2D eigenvalue weighted by molar-refractivity contribution is 5.30. The van der Waals surface area contributed by atoms with E-state index < -0.39 is 0 Å². The van der Waals surface area contributed by atoms with Crippen molar-refractivity contribution < 1.29 is 0 Å². The van der Waals surface area contributed by atoms with Gasteiger partial charge in [0.1, 0.15) is 0 Å². The van der Waals surface area contributed by atoms with Crippen molar-refractivity contribution in [2.75, 3.05) is 18.8 Å². The minimum Gasteiger partial charge on any atom is -0.396 e. The van der Waals surface area contributed by atoms with E-state index in [2.05, 4.69) is 30.8 Å². The van der Waals surface area contributed by atoms with E-state index in [1.165, 1.54) is 25.8 Å². The van der Waals surface area contributed by atoms with Gasteiger partial charge in [-0.3, -0.25) is 9.58 Å². The van der Waals surface area contributed by atoms with Crippen LogP contribution in [0, 0.1) is 0 Å². The number of unbranched alkanes of at least 4 members (excludes halogenated alkanes) is 2. The fourth-order valence-electron chi connectivity index (χ4n) is 1.93. The maximum absolute atomic E-state index is 5.65. The first-order chi connectivity index (χ1) is 8.13. The Morgan fingerprint density at radius 1 is 1.35 bits per heavy atom. The lowest BCUT2D eigenvalue weighted by atomic mass is 10.2. The zero-order valence-electron chi connectivity index (χ0n) is 11.4. The van der Waals surface area contributed by atoms with Crippen molar-refractivity contribution in [2.24, 2.45) is 0 Å². The molecule has 0 spiro atoms. The number of anilines is 1. The molecule has 0 saturated heterocycles. The largest absolute Gasteiger partial charge is 0.396 e. The SMILES string of the molecule is CCCCCN(CCn1cc(N)cn1)C(C)C. The summed E-state index contributed by atoms with van der Waals surface area (Å²) in [6.07, 6.45) is 7.48. The molecule has 0 amide bonds. The van der Waals surface area contributed by atoms with Gasteiger partial charge in [-0.25, -0.2) is 0 Å². The van der Waals surface area contributed by atoms with Gasteiger partial charge in [0.25, 0.3) is 0 Å². The molecule has 0 aliphatic carbocycles. The van der Waals surface area contributed by atoms with Gasteiger partial charge in [-0.15, -0.1) is 0 Å². The van der Waals surface area contributed by atoms with Crippen LogP contribution in [0.5, 0.6) is 0 Å². The van der Waals surface area contributed by atoms with Crippen molar-refractivity contribution in [3.63, 3.8) is 0 Å². The van der Waals surface area contributed by atoms with Crippen LogP contribution in [-0.4, -0.2) is 33.8 Å². The highest BCUT2D eigenvalue weighted by Crippen LogP contribution is 2.05. The Hall–Kier alpha value is -1.03. The van der Waals surface area contributed by atoms with Crippen molar-refractivity contribution in [3.8, 4) is 0 Å². The number of nitrogen functional groups attached to an aromatic ring is 1. The normalized spacial score (nSPS) is 11.6. The van der Waals surface area contributed by atoms with Gasteiger partial charge in [-0.05, 0) is 26.8 Å². The third kappa shape index (κ3) is 5.22. The lowest BCUT2D eigenvalue weighted by molar-refractivity contribution is 0.206. The summed E-state index contributed by atoms with van der Waals surface area (Å²) in [5.74, 6) is 0.